The summed E-state index contributed by atoms with van der Waals surface area (Å²) >= 11 is 2.20. The zero-order valence-electron chi connectivity index (χ0n) is 10.1. The van der Waals surface area contributed by atoms with Gasteiger partial charge in [0, 0.05) is 10.1 Å². The summed E-state index contributed by atoms with van der Waals surface area (Å²) < 4.78 is 6.43. The summed E-state index contributed by atoms with van der Waals surface area (Å²) in [5.41, 5.74) is 0.553. The van der Waals surface area contributed by atoms with Crippen LogP contribution >= 0.6 is 22.6 Å². The molecule has 0 bridgehead atoms. The normalized spacial score (nSPS) is 19.1. The monoisotopic (exact) mass is 345 g/mol. The molecular formula is C13H16INO2. The molecule has 1 aromatic rings. The molecule has 1 aliphatic heterocycles. The number of hydrogen-bond donors (Lipinski definition) is 0. The fraction of sp³-hybridized carbons (Fsp3) is 0.462. The van der Waals surface area contributed by atoms with E-state index in [1.807, 2.05) is 43.0 Å². The highest BCUT2D eigenvalue weighted by Crippen LogP contribution is 2.23. The van der Waals surface area contributed by atoms with E-state index in [-0.39, 0.29) is 11.4 Å². The molecular weight excluding hydrogens is 329 g/mol. The summed E-state index contributed by atoms with van der Waals surface area (Å²) in [7, 11) is 0. The summed E-state index contributed by atoms with van der Waals surface area (Å²) in [5, 5.41) is 0. The number of nitrogens with zero attached hydrogens (tertiary/aromatic N) is 1. The van der Waals surface area contributed by atoms with Crippen molar-refractivity contribution >= 4 is 28.5 Å². The first-order valence-corrected chi connectivity index (χ1v) is 6.74. The fourth-order valence-corrected chi connectivity index (χ4v) is 2.63. The van der Waals surface area contributed by atoms with Crippen LogP contribution in [0.4, 0.5) is 0 Å². The van der Waals surface area contributed by atoms with Gasteiger partial charge in [0.05, 0.1) is 24.3 Å². The zero-order valence-corrected chi connectivity index (χ0v) is 12.2. The average molecular weight is 345 g/mol. The predicted molar refractivity (Wildman–Crippen MR) is 75.1 cm³/mol. The van der Waals surface area contributed by atoms with Crippen LogP contribution in [0.3, 0.4) is 0 Å². The lowest BCUT2D eigenvalue weighted by Crippen LogP contribution is -2.55. The lowest BCUT2D eigenvalue weighted by molar-refractivity contribution is -0.0371. The van der Waals surface area contributed by atoms with Crippen molar-refractivity contribution in [2.45, 2.75) is 19.4 Å². The number of halogens is 1. The van der Waals surface area contributed by atoms with Gasteiger partial charge >= 0.3 is 0 Å². The first kappa shape index (κ1) is 12.8. The quantitative estimate of drug-likeness (QED) is 0.732. The van der Waals surface area contributed by atoms with Gasteiger partial charge in [0.2, 0.25) is 0 Å². The number of carbonyl (C=O) groups excluding carboxylic acids is 1. The highest BCUT2D eigenvalue weighted by atomic mass is 127. The molecule has 0 aliphatic carbocycles. The third kappa shape index (κ3) is 2.63. The minimum atomic E-state index is -0.228. The second-order valence-electron chi connectivity index (χ2n) is 4.80. The molecule has 1 aliphatic rings. The molecule has 0 saturated carbocycles. The van der Waals surface area contributed by atoms with Crippen LogP contribution in [0.25, 0.3) is 0 Å². The summed E-state index contributed by atoms with van der Waals surface area (Å²) in [6.07, 6.45) is 0. The zero-order chi connectivity index (χ0) is 12.5. The van der Waals surface area contributed by atoms with E-state index in [2.05, 4.69) is 22.6 Å². The third-order valence-electron chi connectivity index (χ3n) is 2.99. The van der Waals surface area contributed by atoms with Gasteiger partial charge in [0.15, 0.2) is 0 Å². The molecule has 1 fully saturated rings. The van der Waals surface area contributed by atoms with Gasteiger partial charge in [0.1, 0.15) is 0 Å². The molecule has 0 radical (unpaired) electrons. The average Bonchev–Trinajstić information content (AvgIpc) is 2.28. The Morgan fingerprint density at radius 1 is 1.41 bits per heavy atom. The van der Waals surface area contributed by atoms with Crippen molar-refractivity contribution in [1.29, 1.82) is 0 Å². The number of amides is 1. The molecule has 1 aromatic carbocycles. The molecule has 0 unspecified atom stereocenters. The number of benzene rings is 1. The number of carbonyl (C=O) groups is 1. The SMILES string of the molecule is CC1(C)COCCN1C(=O)c1ccccc1I. The summed E-state index contributed by atoms with van der Waals surface area (Å²) in [5.74, 6) is 0.100. The maximum atomic E-state index is 12.5. The first-order valence-electron chi connectivity index (χ1n) is 5.66. The minimum Gasteiger partial charge on any atom is -0.377 e. The Balaban J connectivity index is 2.28. The van der Waals surface area contributed by atoms with Crippen LogP contribution in [0, 0.1) is 3.57 Å². The first-order chi connectivity index (χ1) is 8.02. The molecule has 17 heavy (non-hydrogen) atoms. The second kappa shape index (κ2) is 4.94. The van der Waals surface area contributed by atoms with Gasteiger partial charge in [-0.15, -0.1) is 0 Å². The van der Waals surface area contributed by atoms with Gasteiger partial charge in [-0.1, -0.05) is 12.1 Å². The van der Waals surface area contributed by atoms with E-state index in [0.29, 0.717) is 19.8 Å². The molecule has 0 spiro atoms. The van der Waals surface area contributed by atoms with E-state index in [4.69, 9.17) is 4.74 Å². The number of hydrogen-bond acceptors (Lipinski definition) is 2. The number of morpholine rings is 1. The van der Waals surface area contributed by atoms with E-state index in [0.717, 1.165) is 9.13 Å². The molecule has 1 saturated heterocycles. The highest BCUT2D eigenvalue weighted by molar-refractivity contribution is 14.1. The van der Waals surface area contributed by atoms with E-state index in [1.54, 1.807) is 0 Å². The van der Waals surface area contributed by atoms with Crippen molar-refractivity contribution in [2.75, 3.05) is 19.8 Å². The van der Waals surface area contributed by atoms with Crippen LogP contribution < -0.4 is 0 Å². The Morgan fingerprint density at radius 2 is 2.12 bits per heavy atom. The molecule has 2 rings (SSSR count). The van der Waals surface area contributed by atoms with Crippen molar-refractivity contribution in [1.82, 2.24) is 4.90 Å². The standard InChI is InChI=1S/C13H16INO2/c1-13(2)9-17-8-7-15(13)12(16)10-5-3-4-6-11(10)14/h3-6H,7-9H2,1-2H3. The van der Waals surface area contributed by atoms with E-state index in [1.165, 1.54) is 0 Å². The molecule has 1 amide bonds. The predicted octanol–water partition coefficient (Wildman–Crippen LogP) is 2.54. The molecule has 1 heterocycles. The fourth-order valence-electron chi connectivity index (χ4n) is 2.01. The van der Waals surface area contributed by atoms with E-state index < -0.39 is 0 Å². The lowest BCUT2D eigenvalue weighted by atomic mass is 10.0. The van der Waals surface area contributed by atoms with Crippen LogP contribution in [0.5, 0.6) is 0 Å². The van der Waals surface area contributed by atoms with E-state index in [9.17, 15) is 4.79 Å². The van der Waals surface area contributed by atoms with Crippen LogP contribution in [-0.4, -0.2) is 36.1 Å². The maximum Gasteiger partial charge on any atom is 0.255 e. The Labute approximate surface area is 115 Å². The number of rotatable bonds is 1. The van der Waals surface area contributed by atoms with Crippen LogP contribution in [0.2, 0.25) is 0 Å². The van der Waals surface area contributed by atoms with Crippen molar-refractivity contribution < 1.29 is 9.53 Å². The van der Waals surface area contributed by atoms with Gasteiger partial charge in [-0.2, -0.15) is 0 Å². The Morgan fingerprint density at radius 3 is 2.76 bits per heavy atom. The van der Waals surface area contributed by atoms with Crippen LogP contribution in [0.15, 0.2) is 24.3 Å². The topological polar surface area (TPSA) is 29.5 Å². The molecule has 0 N–H and O–H groups in total. The molecule has 3 nitrogen and oxygen atoms in total. The van der Waals surface area contributed by atoms with Crippen molar-refractivity contribution in [2.24, 2.45) is 0 Å². The molecule has 92 valence electrons. The lowest BCUT2D eigenvalue weighted by Gasteiger charge is -2.42. The van der Waals surface area contributed by atoms with Gasteiger partial charge in [-0.3, -0.25) is 4.79 Å². The largest absolute Gasteiger partial charge is 0.377 e. The molecule has 0 aromatic heterocycles. The van der Waals surface area contributed by atoms with Crippen LogP contribution in [-0.2, 0) is 4.74 Å². The van der Waals surface area contributed by atoms with Gasteiger partial charge < -0.3 is 9.64 Å². The van der Waals surface area contributed by atoms with Crippen molar-refractivity contribution in [3.05, 3.63) is 33.4 Å². The molecule has 4 heteroatoms. The highest BCUT2D eigenvalue weighted by Gasteiger charge is 2.34. The van der Waals surface area contributed by atoms with Crippen LogP contribution in [0.1, 0.15) is 24.2 Å². The van der Waals surface area contributed by atoms with Gasteiger partial charge in [0.25, 0.3) is 5.91 Å². The van der Waals surface area contributed by atoms with Crippen molar-refractivity contribution in [3.8, 4) is 0 Å². The van der Waals surface area contributed by atoms with E-state index >= 15 is 0 Å². The Hall–Kier alpha value is -0.620. The smallest absolute Gasteiger partial charge is 0.255 e. The minimum absolute atomic E-state index is 0.100. The van der Waals surface area contributed by atoms with Crippen molar-refractivity contribution in [3.63, 3.8) is 0 Å². The molecule has 0 atom stereocenters. The maximum absolute atomic E-state index is 12.5. The third-order valence-corrected chi connectivity index (χ3v) is 3.94. The Bertz CT molecular complexity index is 431. The number of ether oxygens (including phenoxy) is 1. The second-order valence-corrected chi connectivity index (χ2v) is 5.96. The van der Waals surface area contributed by atoms with Gasteiger partial charge in [-0.25, -0.2) is 0 Å². The Kier molecular flexibility index (Phi) is 3.73. The summed E-state index contributed by atoms with van der Waals surface area (Å²) in [6.45, 7) is 5.97. The summed E-state index contributed by atoms with van der Waals surface area (Å²) in [6, 6.07) is 7.70. The van der Waals surface area contributed by atoms with Gasteiger partial charge in [-0.05, 0) is 48.6 Å². The summed E-state index contributed by atoms with van der Waals surface area (Å²) in [4.78, 5) is 14.4.